The van der Waals surface area contributed by atoms with Crippen LogP contribution in [0.15, 0.2) is 36.4 Å². The number of halogens is 3. The predicted octanol–water partition coefficient (Wildman–Crippen LogP) is 3.99. The molecular formula is C19H16F3N3O. The SMILES string of the molecule is CNC(=O)N1CC(c2c(-c3ccc(F)cc3)[nH]c3c(F)cc(F)cc23)C1. The van der Waals surface area contributed by atoms with Gasteiger partial charge in [-0.2, -0.15) is 0 Å². The average molecular weight is 359 g/mol. The monoisotopic (exact) mass is 359 g/mol. The van der Waals surface area contributed by atoms with Crippen molar-refractivity contribution in [3.8, 4) is 11.3 Å². The van der Waals surface area contributed by atoms with E-state index in [1.54, 1.807) is 24.1 Å². The summed E-state index contributed by atoms with van der Waals surface area (Å²) in [5.74, 6) is -1.79. The molecule has 1 saturated heterocycles. The second-order valence-electron chi connectivity index (χ2n) is 6.39. The summed E-state index contributed by atoms with van der Waals surface area (Å²) >= 11 is 0. The number of rotatable bonds is 2. The molecule has 0 unspecified atom stereocenters. The highest BCUT2D eigenvalue weighted by molar-refractivity contribution is 5.92. The summed E-state index contributed by atoms with van der Waals surface area (Å²) in [4.78, 5) is 16.4. The van der Waals surface area contributed by atoms with Crippen LogP contribution >= 0.6 is 0 Å². The van der Waals surface area contributed by atoms with E-state index in [2.05, 4.69) is 10.3 Å². The van der Waals surface area contributed by atoms with Crippen molar-refractivity contribution >= 4 is 16.9 Å². The van der Waals surface area contributed by atoms with Crippen molar-refractivity contribution in [2.24, 2.45) is 0 Å². The van der Waals surface area contributed by atoms with Gasteiger partial charge in [-0.05, 0) is 41.5 Å². The third kappa shape index (κ3) is 2.60. The highest BCUT2D eigenvalue weighted by Crippen LogP contribution is 2.40. The number of carbonyl (C=O) groups excluding carboxylic acids is 1. The maximum absolute atomic E-state index is 14.3. The van der Waals surface area contributed by atoms with Crippen LogP contribution in [0.4, 0.5) is 18.0 Å². The fourth-order valence-electron chi connectivity index (χ4n) is 3.49. The average Bonchev–Trinajstić information content (AvgIpc) is 2.94. The Labute approximate surface area is 147 Å². The number of urea groups is 1. The third-order valence-corrected chi connectivity index (χ3v) is 4.79. The first kappa shape index (κ1) is 16.5. The summed E-state index contributed by atoms with van der Waals surface area (Å²) in [6.07, 6.45) is 0. The smallest absolute Gasteiger partial charge is 0.317 e. The highest BCUT2D eigenvalue weighted by Gasteiger charge is 2.35. The number of aromatic nitrogens is 1. The fourth-order valence-corrected chi connectivity index (χ4v) is 3.49. The molecule has 3 aromatic rings. The van der Waals surface area contributed by atoms with Crippen molar-refractivity contribution in [3.63, 3.8) is 0 Å². The molecule has 7 heteroatoms. The van der Waals surface area contributed by atoms with Crippen molar-refractivity contribution in [2.75, 3.05) is 20.1 Å². The predicted molar refractivity (Wildman–Crippen MR) is 92.4 cm³/mol. The zero-order valence-corrected chi connectivity index (χ0v) is 13.9. The molecule has 0 aliphatic carbocycles. The van der Waals surface area contributed by atoms with E-state index in [1.165, 1.54) is 18.2 Å². The van der Waals surface area contributed by atoms with Crippen molar-refractivity contribution in [1.82, 2.24) is 15.2 Å². The van der Waals surface area contributed by atoms with Crippen molar-refractivity contribution in [2.45, 2.75) is 5.92 Å². The van der Waals surface area contributed by atoms with Crippen molar-refractivity contribution in [3.05, 3.63) is 59.4 Å². The Morgan fingerprint density at radius 1 is 1.12 bits per heavy atom. The molecule has 134 valence electrons. The minimum Gasteiger partial charge on any atom is -0.352 e. The maximum Gasteiger partial charge on any atom is 0.317 e. The lowest BCUT2D eigenvalue weighted by Gasteiger charge is -2.39. The molecule has 1 fully saturated rings. The molecule has 2 N–H and O–H groups in total. The third-order valence-electron chi connectivity index (χ3n) is 4.79. The topological polar surface area (TPSA) is 48.1 Å². The number of hydrogen-bond donors (Lipinski definition) is 2. The molecule has 4 nitrogen and oxygen atoms in total. The summed E-state index contributed by atoms with van der Waals surface area (Å²) in [6, 6.07) is 7.74. The van der Waals surface area contributed by atoms with Crippen LogP contribution < -0.4 is 5.32 Å². The Morgan fingerprint density at radius 3 is 2.46 bits per heavy atom. The number of fused-ring (bicyclic) bond motifs is 1. The lowest BCUT2D eigenvalue weighted by molar-refractivity contribution is 0.154. The van der Waals surface area contributed by atoms with Crippen LogP contribution in [0.1, 0.15) is 11.5 Å². The van der Waals surface area contributed by atoms with E-state index in [0.717, 1.165) is 11.6 Å². The Morgan fingerprint density at radius 2 is 1.81 bits per heavy atom. The molecule has 0 radical (unpaired) electrons. The van der Waals surface area contributed by atoms with E-state index in [0.29, 0.717) is 29.7 Å². The summed E-state index contributed by atoms with van der Waals surface area (Å²) < 4.78 is 41.3. The summed E-state index contributed by atoms with van der Waals surface area (Å²) in [7, 11) is 1.55. The van der Waals surface area contributed by atoms with Gasteiger partial charge < -0.3 is 15.2 Å². The van der Waals surface area contributed by atoms with Gasteiger partial charge in [0.2, 0.25) is 0 Å². The van der Waals surface area contributed by atoms with Gasteiger partial charge in [0, 0.05) is 37.5 Å². The van der Waals surface area contributed by atoms with Gasteiger partial charge in [-0.15, -0.1) is 0 Å². The minimum atomic E-state index is -0.683. The number of amides is 2. The van der Waals surface area contributed by atoms with Crippen LogP contribution in [0.3, 0.4) is 0 Å². The molecule has 2 heterocycles. The van der Waals surface area contributed by atoms with E-state index in [4.69, 9.17) is 0 Å². The standard InChI is InChI=1S/C19H16F3N3O/c1-23-19(26)25-8-11(9-25)16-14-6-13(21)7-15(22)18(14)24-17(16)10-2-4-12(20)5-3-10/h2-7,11,24H,8-9H2,1H3,(H,23,26). The molecule has 0 saturated carbocycles. The Hall–Kier alpha value is -2.96. The number of hydrogen-bond acceptors (Lipinski definition) is 1. The second-order valence-corrected chi connectivity index (χ2v) is 6.39. The highest BCUT2D eigenvalue weighted by atomic mass is 19.1. The second kappa shape index (κ2) is 6.09. The lowest BCUT2D eigenvalue weighted by Crippen LogP contribution is -2.51. The fraction of sp³-hybridized carbons (Fsp3) is 0.211. The number of benzene rings is 2. The molecule has 0 bridgehead atoms. The van der Waals surface area contributed by atoms with Crippen molar-refractivity contribution < 1.29 is 18.0 Å². The van der Waals surface area contributed by atoms with E-state index >= 15 is 0 Å². The Bertz CT molecular complexity index is 991. The summed E-state index contributed by atoms with van der Waals surface area (Å²) in [6.45, 7) is 0.887. The van der Waals surface area contributed by atoms with Gasteiger partial charge in [0.25, 0.3) is 0 Å². The van der Waals surface area contributed by atoms with Crippen LogP contribution in [0.5, 0.6) is 0 Å². The van der Waals surface area contributed by atoms with Gasteiger partial charge in [-0.1, -0.05) is 0 Å². The number of likely N-dealkylation sites (tertiary alicyclic amines) is 1. The van der Waals surface area contributed by atoms with Gasteiger partial charge in [0.05, 0.1) is 11.2 Å². The Balaban J connectivity index is 1.84. The van der Waals surface area contributed by atoms with Crippen LogP contribution in [0.25, 0.3) is 22.2 Å². The Kier molecular flexibility index (Phi) is 3.86. The number of H-pyrrole nitrogens is 1. The number of aromatic amines is 1. The van der Waals surface area contributed by atoms with Crippen LogP contribution in [0, 0.1) is 17.5 Å². The van der Waals surface area contributed by atoms with Gasteiger partial charge in [-0.25, -0.2) is 18.0 Å². The number of nitrogens with one attached hydrogen (secondary N) is 2. The van der Waals surface area contributed by atoms with Crippen LogP contribution in [-0.2, 0) is 0 Å². The molecular weight excluding hydrogens is 343 g/mol. The van der Waals surface area contributed by atoms with Crippen LogP contribution in [-0.4, -0.2) is 36.1 Å². The van der Waals surface area contributed by atoms with Gasteiger partial charge in [0.1, 0.15) is 17.5 Å². The molecule has 0 spiro atoms. The number of carbonyl (C=O) groups is 1. The quantitative estimate of drug-likeness (QED) is 0.714. The van der Waals surface area contributed by atoms with Crippen molar-refractivity contribution in [1.29, 1.82) is 0 Å². The first-order chi connectivity index (χ1) is 12.5. The summed E-state index contributed by atoms with van der Waals surface area (Å²) in [5, 5.41) is 3.01. The zero-order chi connectivity index (χ0) is 18.4. The largest absolute Gasteiger partial charge is 0.352 e. The molecule has 0 atom stereocenters. The normalized spacial score (nSPS) is 14.5. The number of nitrogens with zero attached hydrogens (tertiary/aromatic N) is 1. The van der Waals surface area contributed by atoms with E-state index in [9.17, 15) is 18.0 Å². The van der Waals surface area contributed by atoms with Gasteiger partial charge in [-0.3, -0.25) is 0 Å². The first-order valence-corrected chi connectivity index (χ1v) is 8.21. The molecule has 4 rings (SSSR count). The zero-order valence-electron chi connectivity index (χ0n) is 13.9. The lowest BCUT2D eigenvalue weighted by atomic mass is 9.87. The maximum atomic E-state index is 14.3. The van der Waals surface area contributed by atoms with E-state index in [1.807, 2.05) is 0 Å². The molecule has 1 aliphatic rings. The molecule has 2 amide bonds. The van der Waals surface area contributed by atoms with E-state index in [-0.39, 0.29) is 23.3 Å². The molecule has 26 heavy (non-hydrogen) atoms. The first-order valence-electron chi connectivity index (χ1n) is 8.21. The van der Waals surface area contributed by atoms with Gasteiger partial charge >= 0.3 is 6.03 Å². The molecule has 1 aromatic heterocycles. The van der Waals surface area contributed by atoms with Crippen LogP contribution in [0.2, 0.25) is 0 Å². The van der Waals surface area contributed by atoms with E-state index < -0.39 is 11.6 Å². The minimum absolute atomic E-state index is 0.0673. The van der Waals surface area contributed by atoms with Gasteiger partial charge in [0.15, 0.2) is 0 Å². The summed E-state index contributed by atoms with van der Waals surface area (Å²) in [5.41, 5.74) is 2.24. The molecule has 2 aromatic carbocycles. The molecule has 1 aliphatic heterocycles.